The molecule has 8 nitrogen and oxygen atoms in total. The van der Waals surface area contributed by atoms with Gasteiger partial charge in [0.25, 0.3) is 5.91 Å². The molecule has 1 unspecified atom stereocenters. The molecule has 1 atom stereocenters. The number of nitrogens with zero attached hydrogens (tertiary/aromatic N) is 2. The summed E-state index contributed by atoms with van der Waals surface area (Å²) in [5, 5.41) is 5.34. The summed E-state index contributed by atoms with van der Waals surface area (Å²) in [5.41, 5.74) is 5.18. The highest BCUT2D eigenvalue weighted by atomic mass is 16.5. The number of nitrogens with one attached hydrogen (secondary N) is 2. The maximum absolute atomic E-state index is 13.0. The van der Waals surface area contributed by atoms with Crippen LogP contribution in [-0.4, -0.2) is 48.5 Å². The van der Waals surface area contributed by atoms with E-state index in [-0.39, 0.29) is 17.8 Å². The van der Waals surface area contributed by atoms with E-state index >= 15 is 0 Å². The van der Waals surface area contributed by atoms with Gasteiger partial charge in [-0.2, -0.15) is 0 Å². The quantitative estimate of drug-likeness (QED) is 0.407. The fourth-order valence-corrected chi connectivity index (χ4v) is 5.34. The zero-order chi connectivity index (χ0) is 26.9. The van der Waals surface area contributed by atoms with Crippen molar-refractivity contribution < 1.29 is 19.1 Å². The van der Waals surface area contributed by atoms with Crippen LogP contribution in [0, 0.1) is 6.92 Å². The van der Waals surface area contributed by atoms with Crippen LogP contribution in [0.5, 0.6) is 5.75 Å². The highest BCUT2D eigenvalue weighted by Crippen LogP contribution is 2.44. The number of hydrogen-bond donors (Lipinski definition) is 2. The molecule has 0 saturated carbocycles. The van der Waals surface area contributed by atoms with E-state index < -0.39 is 17.8 Å². The van der Waals surface area contributed by atoms with Crippen molar-refractivity contribution in [3.8, 4) is 5.75 Å². The summed E-state index contributed by atoms with van der Waals surface area (Å²) >= 11 is 0. The molecular weight excluding hydrogens is 468 g/mol. The van der Waals surface area contributed by atoms with Gasteiger partial charge in [-0.05, 0) is 98.7 Å². The lowest BCUT2D eigenvalue weighted by atomic mass is 9.79. The number of methoxy groups -OCH3 is 1. The number of urea groups is 1. The van der Waals surface area contributed by atoms with E-state index in [1.54, 1.807) is 37.5 Å². The van der Waals surface area contributed by atoms with E-state index in [4.69, 9.17) is 4.74 Å². The van der Waals surface area contributed by atoms with Crippen molar-refractivity contribution in [1.29, 1.82) is 0 Å². The van der Waals surface area contributed by atoms with E-state index in [1.165, 1.54) is 11.3 Å². The molecule has 2 N–H and O–H groups in total. The molecule has 2 aliphatic heterocycles. The van der Waals surface area contributed by atoms with Gasteiger partial charge in [-0.1, -0.05) is 13.8 Å². The van der Waals surface area contributed by atoms with Crippen molar-refractivity contribution in [2.24, 2.45) is 0 Å². The van der Waals surface area contributed by atoms with Gasteiger partial charge < -0.3 is 20.3 Å². The van der Waals surface area contributed by atoms with Crippen LogP contribution in [0.15, 0.2) is 42.1 Å². The third-order valence-corrected chi connectivity index (χ3v) is 7.16. The van der Waals surface area contributed by atoms with Gasteiger partial charge in [0.05, 0.1) is 7.11 Å². The molecule has 2 aliphatic rings. The summed E-state index contributed by atoms with van der Waals surface area (Å²) in [6.45, 7) is 11.6. The van der Waals surface area contributed by atoms with Crippen molar-refractivity contribution in [2.45, 2.75) is 58.9 Å². The van der Waals surface area contributed by atoms with Gasteiger partial charge in [0, 0.05) is 23.5 Å². The van der Waals surface area contributed by atoms with Crippen LogP contribution in [0.2, 0.25) is 0 Å². The van der Waals surface area contributed by atoms with Gasteiger partial charge in [0.15, 0.2) is 0 Å². The standard InChI is InChI=1S/C29H36N4O4/c1-7-12-33-25-13-18(2)20(14-23(25)19(3)16-29(33,4)5)15-24-27(35)32(28(36)31-24)17-26(34)30-21-8-10-22(37-6)11-9-21/h8-11,13-15,19H,7,12,16-17H2,1-6H3,(H,30,34)(H,31,36)/b24-15+. The fourth-order valence-electron chi connectivity index (χ4n) is 5.34. The van der Waals surface area contributed by atoms with Gasteiger partial charge in [0.2, 0.25) is 5.91 Å². The van der Waals surface area contributed by atoms with Gasteiger partial charge >= 0.3 is 6.03 Å². The number of ether oxygens (including phenoxy) is 1. The first-order valence-corrected chi connectivity index (χ1v) is 12.7. The van der Waals surface area contributed by atoms with Crippen molar-refractivity contribution in [3.05, 3.63) is 58.8 Å². The molecule has 0 bridgehead atoms. The summed E-state index contributed by atoms with van der Waals surface area (Å²) in [4.78, 5) is 41.5. The lowest BCUT2D eigenvalue weighted by Crippen LogP contribution is -2.48. The summed E-state index contributed by atoms with van der Waals surface area (Å²) in [6.07, 6.45) is 3.81. The number of anilines is 2. The SMILES string of the molecule is CCCN1c2cc(C)c(/C=C3/NC(=O)N(CC(=O)Nc4ccc(OC)cc4)C3=O)cc2C(C)CC1(C)C. The Kier molecular flexibility index (Phi) is 7.30. The van der Waals surface area contributed by atoms with Gasteiger partial charge in [0.1, 0.15) is 18.0 Å². The molecule has 8 heteroatoms. The molecule has 2 aromatic carbocycles. The van der Waals surface area contributed by atoms with E-state index in [9.17, 15) is 14.4 Å². The third-order valence-electron chi connectivity index (χ3n) is 7.16. The van der Waals surface area contributed by atoms with Gasteiger partial charge in [-0.25, -0.2) is 9.69 Å². The first-order valence-electron chi connectivity index (χ1n) is 12.7. The number of carbonyl (C=O) groups excluding carboxylic acids is 3. The lowest BCUT2D eigenvalue weighted by molar-refractivity contribution is -0.127. The molecule has 1 fully saturated rings. The van der Waals surface area contributed by atoms with E-state index in [0.717, 1.165) is 35.4 Å². The predicted molar refractivity (Wildman–Crippen MR) is 146 cm³/mol. The molecule has 0 spiro atoms. The van der Waals surface area contributed by atoms with Crippen LogP contribution < -0.4 is 20.3 Å². The van der Waals surface area contributed by atoms with Crippen LogP contribution >= 0.6 is 0 Å². The number of benzene rings is 2. The molecule has 4 amide bonds. The summed E-state index contributed by atoms with van der Waals surface area (Å²) in [7, 11) is 1.56. The van der Waals surface area contributed by atoms with Crippen molar-refractivity contribution in [3.63, 3.8) is 0 Å². The molecule has 0 radical (unpaired) electrons. The Morgan fingerprint density at radius 3 is 2.57 bits per heavy atom. The average molecular weight is 505 g/mol. The Balaban J connectivity index is 1.53. The Morgan fingerprint density at radius 2 is 1.92 bits per heavy atom. The normalized spacial score (nSPS) is 19.6. The number of hydrogen-bond acceptors (Lipinski definition) is 5. The molecule has 2 aromatic rings. The maximum Gasteiger partial charge on any atom is 0.329 e. The molecule has 37 heavy (non-hydrogen) atoms. The highest BCUT2D eigenvalue weighted by Gasteiger charge is 2.37. The first-order chi connectivity index (χ1) is 17.5. The molecule has 1 saturated heterocycles. The van der Waals surface area contributed by atoms with Crippen LogP contribution in [0.3, 0.4) is 0 Å². The van der Waals surface area contributed by atoms with Gasteiger partial charge in [-0.3, -0.25) is 9.59 Å². The lowest BCUT2D eigenvalue weighted by Gasteiger charge is -2.48. The minimum absolute atomic E-state index is 0.0666. The first kappa shape index (κ1) is 26.3. The second-order valence-electron chi connectivity index (χ2n) is 10.5. The average Bonchev–Trinajstić information content (AvgIpc) is 3.10. The minimum atomic E-state index is -0.610. The number of aryl methyl sites for hydroxylation is 1. The van der Waals surface area contributed by atoms with Crippen LogP contribution in [0.1, 0.15) is 63.1 Å². The number of amides is 4. The van der Waals surface area contributed by atoms with Crippen molar-refractivity contribution in [2.75, 3.05) is 30.4 Å². The van der Waals surface area contributed by atoms with Gasteiger partial charge in [-0.15, -0.1) is 0 Å². The summed E-state index contributed by atoms with van der Waals surface area (Å²) < 4.78 is 5.11. The second-order valence-corrected chi connectivity index (χ2v) is 10.5. The number of carbonyl (C=O) groups is 3. The van der Waals surface area contributed by atoms with E-state index in [0.29, 0.717) is 17.4 Å². The monoisotopic (exact) mass is 504 g/mol. The fraction of sp³-hybridized carbons (Fsp3) is 0.414. The zero-order valence-electron chi connectivity index (χ0n) is 22.5. The number of imide groups is 1. The van der Waals surface area contributed by atoms with Crippen molar-refractivity contribution >= 4 is 35.3 Å². The van der Waals surface area contributed by atoms with E-state index in [2.05, 4.69) is 55.4 Å². The number of fused-ring (bicyclic) bond motifs is 1. The predicted octanol–water partition coefficient (Wildman–Crippen LogP) is 5.04. The molecule has 0 aliphatic carbocycles. The molecule has 0 aromatic heterocycles. The second kappa shape index (κ2) is 10.3. The topological polar surface area (TPSA) is 91.0 Å². The smallest absolute Gasteiger partial charge is 0.329 e. The molecule has 4 rings (SSSR count). The zero-order valence-corrected chi connectivity index (χ0v) is 22.5. The van der Waals surface area contributed by atoms with Crippen LogP contribution in [0.4, 0.5) is 16.2 Å². The maximum atomic E-state index is 13.0. The van der Waals surface area contributed by atoms with Crippen LogP contribution in [0.25, 0.3) is 6.08 Å². The largest absolute Gasteiger partial charge is 0.497 e. The summed E-state index contributed by atoms with van der Waals surface area (Å²) in [5.74, 6) is 0.0412. The molecule has 2 heterocycles. The van der Waals surface area contributed by atoms with E-state index in [1.807, 2.05) is 6.92 Å². The summed E-state index contributed by atoms with van der Waals surface area (Å²) in [6, 6.07) is 10.5. The Hall–Kier alpha value is -3.81. The Morgan fingerprint density at radius 1 is 1.22 bits per heavy atom. The Bertz CT molecular complexity index is 1250. The Labute approximate surface area is 218 Å². The third kappa shape index (κ3) is 5.33. The highest BCUT2D eigenvalue weighted by molar-refractivity contribution is 6.16. The molecular formula is C29H36N4O4. The number of rotatable bonds is 7. The van der Waals surface area contributed by atoms with Crippen LogP contribution in [-0.2, 0) is 9.59 Å². The molecule has 196 valence electrons. The van der Waals surface area contributed by atoms with Crippen molar-refractivity contribution in [1.82, 2.24) is 10.2 Å². The minimum Gasteiger partial charge on any atom is -0.497 e.